The molecule has 2 aromatic rings. The molecule has 2 amide bonds. The van der Waals surface area contributed by atoms with Crippen LogP contribution >= 0.6 is 23.2 Å². The van der Waals surface area contributed by atoms with Crippen LogP contribution < -0.4 is 16.5 Å². The van der Waals surface area contributed by atoms with E-state index >= 15 is 0 Å². The molecule has 11 heteroatoms. The molecule has 0 radical (unpaired) electrons. The lowest BCUT2D eigenvalue weighted by Crippen LogP contribution is -2.43. The van der Waals surface area contributed by atoms with Crippen LogP contribution in [0.1, 0.15) is 41.9 Å². The third-order valence-corrected chi connectivity index (χ3v) is 6.11. The normalized spacial score (nSPS) is 16.3. The maximum absolute atomic E-state index is 12.1. The summed E-state index contributed by atoms with van der Waals surface area (Å²) in [6.07, 6.45) is 0.210. The predicted molar refractivity (Wildman–Crippen MR) is 129 cm³/mol. The zero-order valence-corrected chi connectivity index (χ0v) is 20.0. The Labute approximate surface area is 207 Å². The van der Waals surface area contributed by atoms with Crippen LogP contribution in [-0.2, 0) is 21.0 Å². The van der Waals surface area contributed by atoms with Crippen LogP contribution in [-0.4, -0.2) is 47.6 Å². The molecule has 2 atom stereocenters. The van der Waals surface area contributed by atoms with Crippen molar-refractivity contribution < 1.29 is 24.3 Å². The number of hydrogen-bond donors (Lipinski definition) is 4. The minimum atomic E-state index is -1.22. The van der Waals surface area contributed by atoms with Gasteiger partial charge in [0.05, 0.1) is 5.69 Å². The minimum absolute atomic E-state index is 0.0330. The van der Waals surface area contributed by atoms with E-state index < -0.39 is 24.0 Å². The van der Waals surface area contributed by atoms with E-state index in [1.165, 1.54) is 0 Å². The van der Waals surface area contributed by atoms with E-state index in [9.17, 15) is 14.4 Å². The summed E-state index contributed by atoms with van der Waals surface area (Å²) in [5.74, 6) is -1.75. The van der Waals surface area contributed by atoms with E-state index in [2.05, 4.69) is 15.7 Å². The third kappa shape index (κ3) is 6.75. The van der Waals surface area contributed by atoms with Crippen molar-refractivity contribution in [2.45, 2.75) is 37.8 Å². The van der Waals surface area contributed by atoms with E-state index in [1.54, 1.807) is 12.1 Å². The highest BCUT2D eigenvalue weighted by Gasteiger charge is 2.27. The van der Waals surface area contributed by atoms with Gasteiger partial charge in [-0.2, -0.15) is 0 Å². The van der Waals surface area contributed by atoms with Gasteiger partial charge in [0.15, 0.2) is 0 Å². The molecule has 0 aromatic heterocycles. The molecule has 182 valence electrons. The number of benzene rings is 2. The second-order valence-electron chi connectivity index (χ2n) is 8.20. The lowest BCUT2D eigenvalue weighted by molar-refractivity contribution is -0.142. The summed E-state index contributed by atoms with van der Waals surface area (Å²) in [5, 5.41) is 12.4. The highest BCUT2D eigenvalue weighted by Crippen LogP contribution is 2.38. The minimum Gasteiger partial charge on any atom is -0.480 e. The number of nitrogens with one attached hydrogen (secondary N) is 2. The molecule has 3 rings (SSSR count). The first kappa shape index (κ1) is 25.6. The Morgan fingerprint density at radius 1 is 1.26 bits per heavy atom. The molecular formula is C23H26Cl2N4O5. The number of nitrogens with two attached hydrogens (primary N) is 1. The lowest BCUT2D eigenvalue weighted by atomic mass is 9.84. The molecule has 5 N–H and O–H groups in total. The molecule has 0 spiro atoms. The summed E-state index contributed by atoms with van der Waals surface area (Å²) in [6, 6.07) is 9.11. The number of rotatable bonds is 9. The van der Waals surface area contributed by atoms with Crippen LogP contribution in [0.15, 0.2) is 36.4 Å². The molecule has 1 aliphatic heterocycles. The van der Waals surface area contributed by atoms with Crippen LogP contribution in [0, 0.1) is 0 Å². The third-order valence-electron chi connectivity index (χ3n) is 5.55. The van der Waals surface area contributed by atoms with E-state index in [4.69, 9.17) is 38.9 Å². The van der Waals surface area contributed by atoms with Crippen LogP contribution in [0.2, 0.25) is 10.0 Å². The molecule has 0 saturated carbocycles. The molecule has 1 aliphatic rings. The number of likely N-dealkylation sites (N-methyl/N-ethyl adjacent to an activating group) is 1. The molecule has 0 bridgehead atoms. The molecule has 9 nitrogen and oxygen atoms in total. The second kappa shape index (κ2) is 11.4. The standard InChI is InChI=1S/C23H26Cl2N4O5/c1-29-11-17(16-9-14(24)10-19(25)18(16)12-29)13-4-2-5-15(8-13)28-34-21(30)7-3-6-20(22(31)32)27-23(26)33/h2,4-5,8-10,17,20,28H,3,6-7,11-12H2,1H3,(H,31,32)(H3,26,27,33). The Bertz CT molecular complexity index is 1080. The Morgan fingerprint density at radius 2 is 2.03 bits per heavy atom. The first-order chi connectivity index (χ1) is 16.1. The van der Waals surface area contributed by atoms with Crippen molar-refractivity contribution in [1.82, 2.24) is 10.2 Å². The number of amides is 2. The van der Waals surface area contributed by atoms with Crippen molar-refractivity contribution in [2.24, 2.45) is 5.73 Å². The largest absolute Gasteiger partial charge is 0.480 e. The average molecular weight is 509 g/mol. The van der Waals surface area contributed by atoms with Gasteiger partial charge in [0.25, 0.3) is 0 Å². The fraction of sp³-hybridized carbons (Fsp3) is 0.348. The van der Waals surface area contributed by atoms with Gasteiger partial charge in [-0.25, -0.2) is 19.9 Å². The monoisotopic (exact) mass is 508 g/mol. The van der Waals surface area contributed by atoms with Gasteiger partial charge in [0.1, 0.15) is 6.04 Å². The summed E-state index contributed by atoms with van der Waals surface area (Å²) < 4.78 is 0. The molecule has 2 unspecified atom stereocenters. The first-order valence-electron chi connectivity index (χ1n) is 10.6. The number of carbonyl (C=O) groups is 3. The van der Waals surface area contributed by atoms with Crippen molar-refractivity contribution in [3.05, 3.63) is 63.1 Å². The van der Waals surface area contributed by atoms with Crippen LogP contribution in [0.5, 0.6) is 0 Å². The number of aliphatic carboxylic acids is 1. The van der Waals surface area contributed by atoms with E-state index in [0.29, 0.717) is 15.7 Å². The van der Waals surface area contributed by atoms with Gasteiger partial charge < -0.3 is 25.9 Å². The topological polar surface area (TPSA) is 134 Å². The lowest BCUT2D eigenvalue weighted by Gasteiger charge is -2.33. The van der Waals surface area contributed by atoms with Gasteiger partial charge in [-0.3, -0.25) is 0 Å². The van der Waals surface area contributed by atoms with E-state index in [1.807, 2.05) is 31.3 Å². The molecule has 0 fully saturated rings. The van der Waals surface area contributed by atoms with Crippen LogP contribution in [0.4, 0.5) is 10.5 Å². The number of anilines is 1. The van der Waals surface area contributed by atoms with Crippen molar-refractivity contribution in [1.29, 1.82) is 0 Å². The Hall–Kier alpha value is -3.01. The van der Waals surface area contributed by atoms with Gasteiger partial charge in [0, 0.05) is 35.5 Å². The van der Waals surface area contributed by atoms with Gasteiger partial charge in [0.2, 0.25) is 0 Å². The highest BCUT2D eigenvalue weighted by molar-refractivity contribution is 6.35. The Balaban J connectivity index is 1.61. The summed E-state index contributed by atoms with van der Waals surface area (Å²) >= 11 is 12.7. The van der Waals surface area contributed by atoms with E-state index in [0.717, 1.165) is 29.8 Å². The van der Waals surface area contributed by atoms with Gasteiger partial charge in [-0.05, 0) is 60.8 Å². The number of fused-ring (bicyclic) bond motifs is 1. The molecule has 2 aromatic carbocycles. The number of primary amides is 1. The number of carboxylic acids is 1. The number of halogens is 2. The average Bonchev–Trinajstić information content (AvgIpc) is 2.77. The van der Waals surface area contributed by atoms with Crippen LogP contribution in [0.3, 0.4) is 0 Å². The van der Waals surface area contributed by atoms with Crippen molar-refractivity contribution in [2.75, 3.05) is 19.1 Å². The number of hydrogen-bond acceptors (Lipinski definition) is 6. The molecule has 34 heavy (non-hydrogen) atoms. The maximum atomic E-state index is 12.1. The van der Waals surface area contributed by atoms with Crippen LogP contribution in [0.25, 0.3) is 0 Å². The number of urea groups is 1. The SMILES string of the molecule is CN1Cc2c(Cl)cc(Cl)cc2C(c2cccc(NOC(=O)CCCC(NC(N)=O)C(=O)O)c2)C1. The number of carboxylic acid groups (broad SMARTS) is 1. The van der Waals surface area contributed by atoms with Gasteiger partial charge in [-0.15, -0.1) is 0 Å². The Kier molecular flexibility index (Phi) is 8.60. The summed E-state index contributed by atoms with van der Waals surface area (Å²) in [7, 11) is 2.03. The number of nitrogens with zero attached hydrogens (tertiary/aromatic N) is 1. The quantitative estimate of drug-likeness (QED) is 0.379. The summed E-state index contributed by atoms with van der Waals surface area (Å²) in [4.78, 5) is 41.3. The predicted octanol–water partition coefficient (Wildman–Crippen LogP) is 3.73. The highest BCUT2D eigenvalue weighted by atomic mass is 35.5. The molecule has 0 aliphatic carbocycles. The molecule has 1 heterocycles. The second-order valence-corrected chi connectivity index (χ2v) is 9.04. The number of carbonyl (C=O) groups excluding carboxylic acids is 2. The van der Waals surface area contributed by atoms with Gasteiger partial charge in [-0.1, -0.05) is 35.3 Å². The fourth-order valence-corrected chi connectivity index (χ4v) is 4.56. The zero-order chi connectivity index (χ0) is 24.8. The Morgan fingerprint density at radius 3 is 2.74 bits per heavy atom. The molecule has 0 saturated heterocycles. The van der Waals surface area contributed by atoms with Gasteiger partial charge >= 0.3 is 18.0 Å². The first-order valence-corrected chi connectivity index (χ1v) is 11.4. The fourth-order valence-electron chi connectivity index (χ4n) is 4.00. The van der Waals surface area contributed by atoms with Crippen molar-refractivity contribution in [3.8, 4) is 0 Å². The molecular weight excluding hydrogens is 483 g/mol. The zero-order valence-electron chi connectivity index (χ0n) is 18.5. The van der Waals surface area contributed by atoms with Crippen molar-refractivity contribution in [3.63, 3.8) is 0 Å². The van der Waals surface area contributed by atoms with E-state index in [-0.39, 0.29) is 25.2 Å². The summed E-state index contributed by atoms with van der Waals surface area (Å²) in [5.41, 5.74) is 11.3. The summed E-state index contributed by atoms with van der Waals surface area (Å²) in [6.45, 7) is 1.51. The maximum Gasteiger partial charge on any atom is 0.332 e. The smallest absolute Gasteiger partial charge is 0.332 e. The van der Waals surface area contributed by atoms with Crippen molar-refractivity contribution >= 4 is 46.9 Å².